The van der Waals surface area contributed by atoms with E-state index < -0.39 is 36.1 Å². The molecule has 0 aliphatic heterocycles. The SMILES string of the molecule is CC1CCC(c2cc(C(F)F)cs2)(c2ccccc2C(=O)O)C(F)C1F. The second kappa shape index (κ2) is 7.02. The van der Waals surface area contributed by atoms with Crippen molar-refractivity contribution in [3.63, 3.8) is 0 Å². The Balaban J connectivity index is 2.25. The number of hydrogen-bond donors (Lipinski definition) is 1. The highest BCUT2D eigenvalue weighted by Gasteiger charge is 2.53. The lowest BCUT2D eigenvalue weighted by Crippen LogP contribution is -2.50. The van der Waals surface area contributed by atoms with Gasteiger partial charge in [-0.25, -0.2) is 22.4 Å². The summed E-state index contributed by atoms with van der Waals surface area (Å²) in [7, 11) is 0. The Labute approximate surface area is 152 Å². The van der Waals surface area contributed by atoms with Gasteiger partial charge in [0.1, 0.15) is 12.3 Å². The number of carboxylic acid groups (broad SMARTS) is 1. The monoisotopic (exact) mass is 386 g/mol. The number of alkyl halides is 4. The van der Waals surface area contributed by atoms with Gasteiger partial charge in [-0.05, 0) is 41.8 Å². The molecule has 1 fully saturated rings. The molecule has 1 aliphatic carbocycles. The third-order valence-corrected chi connectivity index (χ3v) is 6.36. The maximum Gasteiger partial charge on any atom is 0.335 e. The van der Waals surface area contributed by atoms with Crippen molar-refractivity contribution in [3.05, 3.63) is 57.3 Å². The number of hydrogen-bond acceptors (Lipinski definition) is 2. The molecule has 0 bridgehead atoms. The third kappa shape index (κ3) is 2.92. The predicted molar refractivity (Wildman–Crippen MR) is 91.6 cm³/mol. The van der Waals surface area contributed by atoms with E-state index in [1.807, 2.05) is 0 Å². The first-order chi connectivity index (χ1) is 12.3. The zero-order valence-corrected chi connectivity index (χ0v) is 14.8. The maximum absolute atomic E-state index is 15.4. The Morgan fingerprint density at radius 2 is 2.00 bits per heavy atom. The highest BCUT2D eigenvalue weighted by molar-refractivity contribution is 7.10. The van der Waals surface area contributed by atoms with E-state index in [0.717, 1.165) is 11.3 Å². The minimum atomic E-state index is -2.73. The highest BCUT2D eigenvalue weighted by atomic mass is 32.1. The fourth-order valence-corrected chi connectivity index (χ4v) is 4.92. The summed E-state index contributed by atoms with van der Waals surface area (Å²) in [5.74, 6) is -1.78. The van der Waals surface area contributed by atoms with Crippen LogP contribution in [-0.4, -0.2) is 23.4 Å². The number of carboxylic acids is 1. The summed E-state index contributed by atoms with van der Waals surface area (Å²) in [6.07, 6.45) is -6.06. The molecule has 4 atom stereocenters. The molecule has 1 saturated carbocycles. The maximum atomic E-state index is 15.4. The van der Waals surface area contributed by atoms with Crippen LogP contribution in [0.2, 0.25) is 0 Å². The number of rotatable bonds is 4. The molecule has 0 amide bonds. The van der Waals surface area contributed by atoms with Crippen molar-refractivity contribution >= 4 is 17.3 Å². The molecule has 2 aromatic rings. The molecule has 1 aliphatic rings. The molecule has 26 heavy (non-hydrogen) atoms. The van der Waals surface area contributed by atoms with Crippen molar-refractivity contribution in [1.82, 2.24) is 0 Å². The number of thiophene rings is 1. The topological polar surface area (TPSA) is 37.3 Å². The molecule has 0 spiro atoms. The fourth-order valence-electron chi connectivity index (χ4n) is 3.75. The average molecular weight is 386 g/mol. The van der Waals surface area contributed by atoms with Crippen LogP contribution in [0, 0.1) is 5.92 Å². The molecule has 1 aromatic heterocycles. The van der Waals surface area contributed by atoms with Crippen LogP contribution in [0.1, 0.15) is 52.6 Å². The second-order valence-corrected chi connectivity index (χ2v) is 7.64. The molecule has 0 radical (unpaired) electrons. The van der Waals surface area contributed by atoms with E-state index in [1.165, 1.54) is 29.6 Å². The number of carbonyl (C=O) groups is 1. The molecule has 1 N–H and O–H groups in total. The van der Waals surface area contributed by atoms with Crippen LogP contribution < -0.4 is 0 Å². The standard InChI is InChI=1S/C19H18F4O2S/c1-10-6-7-19(16(21)15(10)20,14-8-11(9-26-14)17(22)23)13-5-3-2-4-12(13)18(24)25/h2-5,8-10,15-17H,6-7H2,1H3,(H,24,25). The van der Waals surface area contributed by atoms with Gasteiger partial charge in [0, 0.05) is 10.4 Å². The van der Waals surface area contributed by atoms with E-state index >= 15 is 4.39 Å². The quantitative estimate of drug-likeness (QED) is 0.677. The smallest absolute Gasteiger partial charge is 0.335 e. The van der Waals surface area contributed by atoms with E-state index in [0.29, 0.717) is 6.42 Å². The first-order valence-corrected chi connectivity index (χ1v) is 9.15. The van der Waals surface area contributed by atoms with Crippen molar-refractivity contribution < 1.29 is 27.5 Å². The molecule has 1 heterocycles. The van der Waals surface area contributed by atoms with Crippen LogP contribution in [-0.2, 0) is 5.41 Å². The summed E-state index contributed by atoms with van der Waals surface area (Å²) in [5, 5.41) is 10.7. The lowest BCUT2D eigenvalue weighted by molar-refractivity contribution is 0.0254. The van der Waals surface area contributed by atoms with Crippen LogP contribution in [0.25, 0.3) is 0 Å². The minimum absolute atomic E-state index is 0.135. The van der Waals surface area contributed by atoms with E-state index in [9.17, 15) is 23.1 Å². The van der Waals surface area contributed by atoms with Crippen LogP contribution in [0.4, 0.5) is 17.6 Å². The Kier molecular flexibility index (Phi) is 5.10. The fraction of sp³-hybridized carbons (Fsp3) is 0.421. The van der Waals surface area contributed by atoms with Gasteiger partial charge in [-0.2, -0.15) is 0 Å². The van der Waals surface area contributed by atoms with Crippen LogP contribution in [0.15, 0.2) is 35.7 Å². The second-order valence-electron chi connectivity index (χ2n) is 6.73. The van der Waals surface area contributed by atoms with Crippen molar-refractivity contribution in [2.45, 2.75) is 43.9 Å². The van der Waals surface area contributed by atoms with Crippen molar-refractivity contribution in [1.29, 1.82) is 0 Å². The van der Waals surface area contributed by atoms with Crippen molar-refractivity contribution in [2.75, 3.05) is 0 Å². The molecular formula is C19H18F4O2S. The van der Waals surface area contributed by atoms with Crippen molar-refractivity contribution in [3.8, 4) is 0 Å². The molecule has 0 saturated heterocycles. The van der Waals surface area contributed by atoms with E-state index in [-0.39, 0.29) is 28.0 Å². The Morgan fingerprint density at radius 3 is 2.62 bits per heavy atom. The zero-order chi connectivity index (χ0) is 19.1. The summed E-state index contributed by atoms with van der Waals surface area (Å²) in [4.78, 5) is 11.9. The van der Waals surface area contributed by atoms with Gasteiger partial charge in [-0.1, -0.05) is 25.1 Å². The van der Waals surface area contributed by atoms with Gasteiger partial charge in [0.25, 0.3) is 6.43 Å². The van der Waals surface area contributed by atoms with Crippen LogP contribution in [0.5, 0.6) is 0 Å². The molecule has 3 rings (SSSR count). The first-order valence-electron chi connectivity index (χ1n) is 8.27. The lowest BCUT2D eigenvalue weighted by atomic mass is 9.63. The van der Waals surface area contributed by atoms with Gasteiger partial charge in [0.2, 0.25) is 0 Å². The molecule has 140 valence electrons. The lowest BCUT2D eigenvalue weighted by Gasteiger charge is -2.44. The number of aromatic carboxylic acids is 1. The summed E-state index contributed by atoms with van der Waals surface area (Å²) < 4.78 is 56.2. The summed E-state index contributed by atoms with van der Waals surface area (Å²) >= 11 is 0.926. The predicted octanol–water partition coefficient (Wildman–Crippen LogP) is 5.78. The van der Waals surface area contributed by atoms with Gasteiger partial charge in [-0.3, -0.25) is 0 Å². The average Bonchev–Trinajstić information content (AvgIpc) is 3.11. The van der Waals surface area contributed by atoms with Gasteiger partial charge in [-0.15, -0.1) is 11.3 Å². The Morgan fingerprint density at radius 1 is 1.31 bits per heavy atom. The van der Waals surface area contributed by atoms with Crippen molar-refractivity contribution in [2.24, 2.45) is 5.92 Å². The molecule has 4 unspecified atom stereocenters. The minimum Gasteiger partial charge on any atom is -0.478 e. The zero-order valence-electron chi connectivity index (χ0n) is 14.0. The third-order valence-electron chi connectivity index (χ3n) is 5.24. The molecular weight excluding hydrogens is 368 g/mol. The molecule has 1 aromatic carbocycles. The Hall–Kier alpha value is -1.89. The molecule has 2 nitrogen and oxygen atoms in total. The number of benzene rings is 1. The summed E-state index contributed by atoms with van der Waals surface area (Å²) in [6.45, 7) is 1.60. The van der Waals surface area contributed by atoms with Gasteiger partial charge < -0.3 is 5.11 Å². The summed E-state index contributed by atoms with van der Waals surface area (Å²) in [6, 6.07) is 7.04. The van der Waals surface area contributed by atoms with E-state index in [4.69, 9.17) is 0 Å². The highest BCUT2D eigenvalue weighted by Crippen LogP contribution is 2.52. The van der Waals surface area contributed by atoms with Gasteiger partial charge >= 0.3 is 5.97 Å². The van der Waals surface area contributed by atoms with E-state index in [1.54, 1.807) is 13.0 Å². The Bertz CT molecular complexity index is 806. The first kappa shape index (κ1) is 18.9. The van der Waals surface area contributed by atoms with Crippen LogP contribution >= 0.6 is 11.3 Å². The van der Waals surface area contributed by atoms with Gasteiger partial charge in [0.15, 0.2) is 0 Å². The van der Waals surface area contributed by atoms with Gasteiger partial charge in [0.05, 0.1) is 11.0 Å². The normalized spacial score (nSPS) is 29.1. The number of halogens is 4. The largest absolute Gasteiger partial charge is 0.478 e. The summed E-state index contributed by atoms with van der Waals surface area (Å²) in [5.41, 5.74) is -1.85. The van der Waals surface area contributed by atoms with Crippen LogP contribution in [0.3, 0.4) is 0 Å². The van der Waals surface area contributed by atoms with E-state index in [2.05, 4.69) is 0 Å². The molecule has 7 heteroatoms.